The summed E-state index contributed by atoms with van der Waals surface area (Å²) < 4.78 is 11.9. The molecule has 1 heterocycles. The first-order chi connectivity index (χ1) is 18.8. The number of amides is 4. The summed E-state index contributed by atoms with van der Waals surface area (Å²) in [6, 6.07) is 17.2. The smallest absolute Gasteiger partial charge is 0.335 e. The maximum atomic E-state index is 13.2. The lowest BCUT2D eigenvalue weighted by atomic mass is 10.0. The van der Waals surface area contributed by atoms with Crippen molar-refractivity contribution >= 4 is 35.6 Å². The van der Waals surface area contributed by atoms with Crippen molar-refractivity contribution in [2.75, 3.05) is 11.5 Å². The van der Waals surface area contributed by atoms with E-state index in [4.69, 9.17) is 14.6 Å². The number of nitrogens with one attached hydrogen (secondary N) is 1. The van der Waals surface area contributed by atoms with Crippen LogP contribution in [0.3, 0.4) is 0 Å². The number of imide groups is 2. The zero-order valence-corrected chi connectivity index (χ0v) is 21.2. The maximum Gasteiger partial charge on any atom is 0.335 e. The Morgan fingerprint density at radius 2 is 1.74 bits per heavy atom. The number of benzene rings is 3. The van der Waals surface area contributed by atoms with Crippen molar-refractivity contribution in [1.82, 2.24) is 5.32 Å². The van der Waals surface area contributed by atoms with E-state index in [2.05, 4.69) is 11.9 Å². The molecule has 3 aromatic carbocycles. The van der Waals surface area contributed by atoms with Gasteiger partial charge < -0.3 is 14.6 Å². The zero-order valence-electron chi connectivity index (χ0n) is 21.2. The third-order valence-electron chi connectivity index (χ3n) is 5.83. The van der Waals surface area contributed by atoms with E-state index >= 15 is 0 Å². The van der Waals surface area contributed by atoms with Crippen LogP contribution in [0.25, 0.3) is 6.08 Å². The third kappa shape index (κ3) is 6.04. The third-order valence-corrected chi connectivity index (χ3v) is 5.83. The number of hydrogen-bond donors (Lipinski definition) is 2. The normalized spacial score (nSPS) is 14.2. The number of allylic oxidation sites excluding steroid dienone is 1. The number of nitrogens with zero attached hydrogens (tertiary/aromatic N) is 1. The molecule has 1 aliphatic heterocycles. The van der Waals surface area contributed by atoms with Gasteiger partial charge in [-0.15, -0.1) is 6.58 Å². The number of rotatable bonds is 10. The van der Waals surface area contributed by atoms with Gasteiger partial charge in [0, 0.05) is 5.56 Å². The molecule has 1 saturated heterocycles. The van der Waals surface area contributed by atoms with E-state index in [-0.39, 0.29) is 17.7 Å². The molecule has 9 nitrogen and oxygen atoms in total. The minimum absolute atomic E-state index is 0.152. The summed E-state index contributed by atoms with van der Waals surface area (Å²) in [6.07, 6.45) is 3.49. The standard InChI is InChI=1S/C30H26N2O7/c1-3-8-22-15-20(16-24-27(33)31-30(37)32(28(24)34)23-9-6-5-7-10-23)17-25(38-4-2)26(22)39-18-19-11-13-21(14-12-19)29(35)36/h3,5-7,9-17H,1,4,8,18H2,2H3,(H,35,36)(H,31,33,37)/b24-16+. The van der Waals surface area contributed by atoms with Crippen LogP contribution in [0.15, 0.2) is 85.0 Å². The highest BCUT2D eigenvalue weighted by molar-refractivity contribution is 6.39. The van der Waals surface area contributed by atoms with Crippen LogP contribution in [0, 0.1) is 0 Å². The number of carbonyl (C=O) groups is 4. The molecule has 2 N–H and O–H groups in total. The summed E-state index contributed by atoms with van der Waals surface area (Å²) in [6.45, 7) is 6.10. The van der Waals surface area contributed by atoms with Crippen molar-refractivity contribution in [3.63, 3.8) is 0 Å². The summed E-state index contributed by atoms with van der Waals surface area (Å²) in [7, 11) is 0. The first-order valence-corrected chi connectivity index (χ1v) is 12.1. The van der Waals surface area contributed by atoms with Gasteiger partial charge in [0.15, 0.2) is 11.5 Å². The highest BCUT2D eigenvalue weighted by atomic mass is 16.5. The molecular formula is C30H26N2O7. The summed E-state index contributed by atoms with van der Waals surface area (Å²) in [5, 5.41) is 11.3. The SMILES string of the molecule is C=CCc1cc(/C=C2\C(=O)NC(=O)N(c3ccccc3)C2=O)cc(OCC)c1OCc1ccc(C(=O)O)cc1. The van der Waals surface area contributed by atoms with Gasteiger partial charge in [0.25, 0.3) is 11.8 Å². The van der Waals surface area contributed by atoms with Gasteiger partial charge >= 0.3 is 12.0 Å². The van der Waals surface area contributed by atoms with Crippen LogP contribution < -0.4 is 19.7 Å². The second-order valence-corrected chi connectivity index (χ2v) is 8.52. The number of carboxylic acid groups (broad SMARTS) is 1. The fourth-order valence-corrected chi connectivity index (χ4v) is 4.04. The summed E-state index contributed by atoms with van der Waals surface area (Å²) in [5.41, 5.74) is 2.25. The molecule has 9 heteroatoms. The fraction of sp³-hybridized carbons (Fsp3) is 0.133. The van der Waals surface area contributed by atoms with Crippen LogP contribution in [-0.4, -0.2) is 35.5 Å². The van der Waals surface area contributed by atoms with Crippen molar-refractivity contribution < 1.29 is 33.8 Å². The van der Waals surface area contributed by atoms with Gasteiger partial charge in [-0.2, -0.15) is 0 Å². The lowest BCUT2D eigenvalue weighted by Gasteiger charge is -2.26. The molecule has 198 valence electrons. The number of para-hydroxylation sites is 1. The summed E-state index contributed by atoms with van der Waals surface area (Å²) in [4.78, 5) is 50.4. The van der Waals surface area contributed by atoms with Crippen LogP contribution in [0.2, 0.25) is 0 Å². The van der Waals surface area contributed by atoms with E-state index in [1.54, 1.807) is 60.7 Å². The average Bonchev–Trinajstić information content (AvgIpc) is 2.91. The molecule has 0 aromatic heterocycles. The molecule has 4 rings (SSSR count). The van der Waals surface area contributed by atoms with Crippen molar-refractivity contribution in [3.05, 3.63) is 107 Å². The Kier molecular flexibility index (Phi) is 8.21. The second kappa shape index (κ2) is 11.9. The molecule has 0 bridgehead atoms. The molecule has 0 atom stereocenters. The summed E-state index contributed by atoms with van der Waals surface area (Å²) >= 11 is 0. The van der Waals surface area contributed by atoms with E-state index in [1.807, 2.05) is 6.92 Å². The molecule has 1 fully saturated rings. The average molecular weight is 527 g/mol. The topological polar surface area (TPSA) is 122 Å². The first kappa shape index (κ1) is 26.9. The molecule has 0 saturated carbocycles. The second-order valence-electron chi connectivity index (χ2n) is 8.52. The fourth-order valence-electron chi connectivity index (χ4n) is 4.04. The van der Waals surface area contributed by atoms with Gasteiger partial charge in [-0.1, -0.05) is 36.4 Å². The van der Waals surface area contributed by atoms with Crippen LogP contribution in [0.5, 0.6) is 11.5 Å². The number of anilines is 1. The Morgan fingerprint density at radius 3 is 2.38 bits per heavy atom. The zero-order chi connectivity index (χ0) is 27.9. The largest absolute Gasteiger partial charge is 0.490 e. The number of carboxylic acids is 1. The minimum Gasteiger partial charge on any atom is -0.490 e. The minimum atomic E-state index is -1.01. The Balaban J connectivity index is 1.69. The molecule has 0 unspecified atom stereocenters. The number of ether oxygens (including phenoxy) is 2. The molecule has 1 aliphatic rings. The van der Waals surface area contributed by atoms with E-state index in [9.17, 15) is 19.2 Å². The van der Waals surface area contributed by atoms with E-state index in [0.717, 1.165) is 10.5 Å². The van der Waals surface area contributed by atoms with Gasteiger partial charge in [-0.05, 0) is 66.9 Å². The van der Waals surface area contributed by atoms with Gasteiger partial charge in [-0.25, -0.2) is 14.5 Å². The molecule has 0 spiro atoms. The quantitative estimate of drug-likeness (QED) is 0.222. The van der Waals surface area contributed by atoms with E-state index < -0.39 is 23.8 Å². The highest BCUT2D eigenvalue weighted by Crippen LogP contribution is 2.36. The Morgan fingerprint density at radius 1 is 1.03 bits per heavy atom. The number of urea groups is 1. The Labute approximate surface area is 225 Å². The molecule has 4 amide bonds. The van der Waals surface area contributed by atoms with Gasteiger partial charge in [0.05, 0.1) is 17.9 Å². The molecule has 0 aliphatic carbocycles. The van der Waals surface area contributed by atoms with Crippen LogP contribution in [-0.2, 0) is 22.6 Å². The lowest BCUT2D eigenvalue weighted by Crippen LogP contribution is -2.54. The van der Waals surface area contributed by atoms with Crippen molar-refractivity contribution in [1.29, 1.82) is 0 Å². The lowest BCUT2D eigenvalue weighted by molar-refractivity contribution is -0.122. The molecule has 39 heavy (non-hydrogen) atoms. The van der Waals surface area contributed by atoms with E-state index in [0.29, 0.717) is 41.3 Å². The van der Waals surface area contributed by atoms with Crippen molar-refractivity contribution in [3.8, 4) is 11.5 Å². The Bertz CT molecular complexity index is 1460. The number of aromatic carboxylic acids is 1. The predicted octanol–water partition coefficient (Wildman–Crippen LogP) is 4.76. The first-order valence-electron chi connectivity index (χ1n) is 12.1. The summed E-state index contributed by atoms with van der Waals surface area (Å²) in [5.74, 6) is -1.71. The van der Waals surface area contributed by atoms with Gasteiger partial charge in [0.2, 0.25) is 0 Å². The monoisotopic (exact) mass is 526 g/mol. The van der Waals surface area contributed by atoms with Gasteiger partial charge in [-0.3, -0.25) is 14.9 Å². The number of carbonyl (C=O) groups excluding carboxylic acids is 3. The molecular weight excluding hydrogens is 500 g/mol. The Hall–Kier alpha value is -5.18. The van der Waals surface area contributed by atoms with Crippen molar-refractivity contribution in [2.24, 2.45) is 0 Å². The highest BCUT2D eigenvalue weighted by Gasteiger charge is 2.36. The maximum absolute atomic E-state index is 13.2. The molecule has 0 radical (unpaired) electrons. The van der Waals surface area contributed by atoms with E-state index in [1.165, 1.54) is 18.2 Å². The van der Waals surface area contributed by atoms with Gasteiger partial charge in [0.1, 0.15) is 12.2 Å². The molecule has 3 aromatic rings. The van der Waals surface area contributed by atoms with Crippen LogP contribution in [0.4, 0.5) is 10.5 Å². The number of barbiturate groups is 1. The van der Waals surface area contributed by atoms with Crippen LogP contribution in [0.1, 0.15) is 34.0 Å². The van der Waals surface area contributed by atoms with Crippen molar-refractivity contribution in [2.45, 2.75) is 20.0 Å². The number of hydrogen-bond acceptors (Lipinski definition) is 6. The predicted molar refractivity (Wildman–Crippen MR) is 145 cm³/mol. The van der Waals surface area contributed by atoms with Crippen LogP contribution >= 0.6 is 0 Å².